The van der Waals surface area contributed by atoms with Gasteiger partial charge in [0.25, 0.3) is 0 Å². The fourth-order valence-electron chi connectivity index (χ4n) is 6.62. The molecule has 5 atom stereocenters. The number of alkyl halides is 2. The summed E-state index contributed by atoms with van der Waals surface area (Å²) in [5.41, 5.74) is -1.05. The van der Waals surface area contributed by atoms with Crippen LogP contribution >= 0.6 is 0 Å². The van der Waals surface area contributed by atoms with E-state index in [-0.39, 0.29) is 42.6 Å². The van der Waals surface area contributed by atoms with Gasteiger partial charge in [0.1, 0.15) is 17.7 Å². The smallest absolute Gasteiger partial charge is 0.408 e. The normalized spacial score (nSPS) is 28.6. The number of rotatable bonds is 9. The number of hydrogen-bond acceptors (Lipinski definition) is 6. The summed E-state index contributed by atoms with van der Waals surface area (Å²) in [5.74, 6) is -5.53. The second kappa shape index (κ2) is 10.7. The highest BCUT2D eigenvalue weighted by atomic mass is 19.3. The highest BCUT2D eigenvalue weighted by molar-refractivity contribution is 6.38. The van der Waals surface area contributed by atoms with Crippen molar-refractivity contribution >= 4 is 29.5 Å². The molecule has 9 nitrogen and oxygen atoms in total. The van der Waals surface area contributed by atoms with Crippen LogP contribution in [-0.4, -0.2) is 70.6 Å². The molecule has 2 N–H and O–H groups in total. The van der Waals surface area contributed by atoms with Gasteiger partial charge in [-0.3, -0.25) is 19.2 Å². The third-order valence-electron chi connectivity index (χ3n) is 9.18. The number of nitrogens with one attached hydrogen (secondary N) is 2. The minimum atomic E-state index is -2.82. The summed E-state index contributed by atoms with van der Waals surface area (Å²) in [5, 5.41) is 5.42. The molecule has 3 saturated carbocycles. The average molecular weight is 568 g/mol. The average Bonchev–Trinajstić information content (AvgIpc) is 3.67. The number of amides is 3. The van der Waals surface area contributed by atoms with E-state index in [0.717, 1.165) is 12.8 Å². The molecular weight excluding hydrogens is 524 g/mol. The van der Waals surface area contributed by atoms with E-state index in [0.29, 0.717) is 6.42 Å². The minimum Gasteiger partial charge on any atom is -0.444 e. The number of ketones is 2. The van der Waals surface area contributed by atoms with Crippen LogP contribution in [-0.2, 0) is 23.9 Å². The molecule has 4 rings (SSSR count). The minimum absolute atomic E-state index is 0.0375. The predicted molar refractivity (Wildman–Crippen MR) is 141 cm³/mol. The number of carbonyl (C=O) groups is 5. The summed E-state index contributed by atoms with van der Waals surface area (Å²) < 4.78 is 33.3. The maximum Gasteiger partial charge on any atom is 0.408 e. The van der Waals surface area contributed by atoms with E-state index in [9.17, 15) is 32.8 Å². The van der Waals surface area contributed by atoms with Crippen LogP contribution in [0.1, 0.15) is 86.5 Å². The van der Waals surface area contributed by atoms with Crippen LogP contribution in [0.15, 0.2) is 0 Å². The number of fused-ring (bicyclic) bond motifs is 1. The van der Waals surface area contributed by atoms with Crippen molar-refractivity contribution in [2.75, 3.05) is 6.54 Å². The second-order valence-corrected chi connectivity index (χ2v) is 13.9. The van der Waals surface area contributed by atoms with E-state index in [1.165, 1.54) is 11.8 Å². The first kappa shape index (κ1) is 30.4. The van der Waals surface area contributed by atoms with Gasteiger partial charge < -0.3 is 20.3 Å². The first-order chi connectivity index (χ1) is 18.4. The lowest BCUT2D eigenvalue weighted by Crippen LogP contribution is -2.59. The zero-order chi connectivity index (χ0) is 29.8. The highest BCUT2D eigenvalue weighted by Crippen LogP contribution is 2.65. The third kappa shape index (κ3) is 6.65. The molecule has 0 unspecified atom stereocenters. The molecule has 3 amide bonds. The van der Waals surface area contributed by atoms with Crippen molar-refractivity contribution < 1.29 is 37.5 Å². The van der Waals surface area contributed by atoms with Crippen molar-refractivity contribution in [1.29, 1.82) is 0 Å². The Kier molecular flexibility index (Phi) is 8.10. The first-order valence-electron chi connectivity index (χ1n) is 14.4. The van der Waals surface area contributed by atoms with Crippen LogP contribution in [0.4, 0.5) is 13.6 Å². The summed E-state index contributed by atoms with van der Waals surface area (Å²) in [6, 6.07) is -2.99. The Labute approximate surface area is 234 Å². The number of hydrogen-bond donors (Lipinski definition) is 2. The molecule has 1 heterocycles. The summed E-state index contributed by atoms with van der Waals surface area (Å²) in [6.07, 6.45) is 0.707. The van der Waals surface area contributed by atoms with Crippen molar-refractivity contribution in [3.05, 3.63) is 0 Å². The Morgan fingerprint density at radius 2 is 1.60 bits per heavy atom. The van der Waals surface area contributed by atoms with E-state index >= 15 is 0 Å². The molecule has 11 heteroatoms. The molecule has 3 aliphatic carbocycles. The number of nitrogens with zero attached hydrogens (tertiary/aromatic N) is 1. The number of Topliss-reactive ketones (excluding diaryl/α,β-unsaturated/α-hetero) is 2. The van der Waals surface area contributed by atoms with Crippen LogP contribution in [0.2, 0.25) is 0 Å². The molecule has 4 aliphatic rings. The fourth-order valence-corrected chi connectivity index (χ4v) is 6.62. The van der Waals surface area contributed by atoms with Crippen LogP contribution in [0, 0.1) is 29.1 Å². The topological polar surface area (TPSA) is 122 Å². The van der Waals surface area contributed by atoms with Gasteiger partial charge in [-0.1, -0.05) is 26.7 Å². The van der Waals surface area contributed by atoms with Crippen molar-refractivity contribution in [3.63, 3.8) is 0 Å². The highest BCUT2D eigenvalue weighted by Gasteiger charge is 2.70. The van der Waals surface area contributed by atoms with E-state index < -0.39 is 77.9 Å². The van der Waals surface area contributed by atoms with E-state index in [2.05, 4.69) is 10.6 Å². The van der Waals surface area contributed by atoms with Gasteiger partial charge >= 0.3 is 6.09 Å². The summed E-state index contributed by atoms with van der Waals surface area (Å²) >= 11 is 0. The van der Waals surface area contributed by atoms with Crippen molar-refractivity contribution in [1.82, 2.24) is 15.5 Å². The predicted octanol–water partition coefficient (Wildman–Crippen LogP) is 3.63. The lowest BCUT2D eigenvalue weighted by molar-refractivity contribution is -0.145. The van der Waals surface area contributed by atoms with E-state index in [4.69, 9.17) is 4.74 Å². The Hall–Kier alpha value is -2.59. The molecule has 40 heavy (non-hydrogen) atoms. The maximum atomic E-state index is 14.1. The number of carbonyl (C=O) groups excluding carboxylic acids is 5. The zero-order valence-electron chi connectivity index (χ0n) is 24.4. The lowest BCUT2D eigenvalue weighted by atomic mass is 9.81. The van der Waals surface area contributed by atoms with Crippen LogP contribution in [0.25, 0.3) is 0 Å². The van der Waals surface area contributed by atoms with E-state index in [1.54, 1.807) is 20.8 Å². The quantitative estimate of drug-likeness (QED) is 0.411. The molecule has 0 bridgehead atoms. The van der Waals surface area contributed by atoms with Crippen LogP contribution in [0.5, 0.6) is 0 Å². The summed E-state index contributed by atoms with van der Waals surface area (Å²) in [7, 11) is 0. The van der Waals surface area contributed by atoms with Crippen molar-refractivity contribution in [2.45, 2.75) is 116 Å². The monoisotopic (exact) mass is 567 g/mol. The number of piperidine rings is 1. The van der Waals surface area contributed by atoms with Gasteiger partial charge in [-0.15, -0.1) is 0 Å². The largest absolute Gasteiger partial charge is 0.444 e. The molecular formula is C29H43F2N3O6. The second-order valence-electron chi connectivity index (χ2n) is 13.9. The standard InChI is InChI=1S/C29H43F2N3O6/c1-15(35)23(36)19(13-16-7-8-16)32-24(37)22-20-18(28(20,5)6)14-34(22)25(38)21(33-26(39)40-27(2,3)4)17-9-11-29(30,31)12-10-17/h16-22H,7-14H2,1-6H3,(H,32,37)(H,33,39)/t18-,19+,20-,21-,22-/m0/s1. The number of ether oxygens (including phenoxy) is 1. The first-order valence-corrected chi connectivity index (χ1v) is 14.4. The molecule has 0 radical (unpaired) electrons. The lowest BCUT2D eigenvalue weighted by Gasteiger charge is -2.38. The SMILES string of the molecule is CC(=O)C(=O)[C@@H](CC1CC1)NC(=O)[C@@H]1[C@@H]2[C@H](CN1C(=O)[C@@H](NC(=O)OC(C)(C)C)C1CCC(F)(F)CC1)C2(C)C. The van der Waals surface area contributed by atoms with Gasteiger partial charge in [-0.25, -0.2) is 13.6 Å². The van der Waals surface area contributed by atoms with Crippen LogP contribution < -0.4 is 10.6 Å². The summed E-state index contributed by atoms with van der Waals surface area (Å²) in [6.45, 7) is 10.5. The van der Waals surface area contributed by atoms with E-state index in [1.807, 2.05) is 13.8 Å². The van der Waals surface area contributed by atoms with Gasteiger partial charge in [0.05, 0.1) is 6.04 Å². The summed E-state index contributed by atoms with van der Waals surface area (Å²) in [4.78, 5) is 66.5. The van der Waals surface area contributed by atoms with Gasteiger partial charge in [0.15, 0.2) is 5.78 Å². The molecule has 0 spiro atoms. The van der Waals surface area contributed by atoms with Gasteiger partial charge in [-0.05, 0) is 69.1 Å². The molecule has 0 aromatic rings. The van der Waals surface area contributed by atoms with Crippen LogP contribution in [0.3, 0.4) is 0 Å². The molecule has 4 fully saturated rings. The zero-order valence-corrected chi connectivity index (χ0v) is 24.4. The van der Waals surface area contributed by atoms with Crippen molar-refractivity contribution in [2.24, 2.45) is 29.1 Å². The third-order valence-corrected chi connectivity index (χ3v) is 9.18. The number of halogens is 2. The molecule has 224 valence electrons. The molecule has 0 aromatic heterocycles. The fraction of sp³-hybridized carbons (Fsp3) is 0.828. The molecule has 1 saturated heterocycles. The van der Waals surface area contributed by atoms with Gasteiger partial charge in [0.2, 0.25) is 23.5 Å². The molecule has 1 aliphatic heterocycles. The molecule has 0 aromatic carbocycles. The Morgan fingerprint density at radius 1 is 1.00 bits per heavy atom. The Balaban J connectivity index is 1.57. The Bertz CT molecular complexity index is 1060. The maximum absolute atomic E-state index is 14.1. The Morgan fingerprint density at radius 3 is 2.12 bits per heavy atom. The van der Waals surface area contributed by atoms with Crippen molar-refractivity contribution in [3.8, 4) is 0 Å². The van der Waals surface area contributed by atoms with Gasteiger partial charge in [0, 0.05) is 26.3 Å². The number of likely N-dealkylation sites (tertiary alicyclic amines) is 1. The van der Waals surface area contributed by atoms with Gasteiger partial charge in [-0.2, -0.15) is 0 Å². The number of alkyl carbamates (subject to hydrolysis) is 1.